The van der Waals surface area contributed by atoms with E-state index in [9.17, 15) is 9.59 Å². The molecule has 1 aliphatic rings. The van der Waals surface area contributed by atoms with Crippen LogP contribution in [0.25, 0.3) is 0 Å². The summed E-state index contributed by atoms with van der Waals surface area (Å²) in [4.78, 5) is 25.8. The molecule has 0 N–H and O–H groups in total. The quantitative estimate of drug-likeness (QED) is 0.573. The first-order valence-electron chi connectivity index (χ1n) is 5.77. The van der Waals surface area contributed by atoms with E-state index in [0.29, 0.717) is 22.4 Å². The average molecular weight is 247 g/mol. The number of amides is 2. The van der Waals surface area contributed by atoms with Crippen LogP contribution in [0.4, 0.5) is 5.69 Å². The van der Waals surface area contributed by atoms with E-state index in [1.54, 1.807) is 48.5 Å². The van der Waals surface area contributed by atoms with E-state index in [0.717, 1.165) is 4.90 Å². The maximum atomic E-state index is 12.3. The summed E-state index contributed by atoms with van der Waals surface area (Å²) in [5.74, 6) is 1.83. The lowest BCUT2D eigenvalue weighted by Gasteiger charge is -2.15. The van der Waals surface area contributed by atoms with Gasteiger partial charge in [-0.3, -0.25) is 9.59 Å². The number of para-hydroxylation sites is 1. The van der Waals surface area contributed by atoms with E-state index in [1.807, 2.05) is 0 Å². The third-order valence-electron chi connectivity index (χ3n) is 3.09. The topological polar surface area (TPSA) is 37.4 Å². The minimum Gasteiger partial charge on any atom is -0.268 e. The van der Waals surface area contributed by atoms with Gasteiger partial charge in [0.15, 0.2) is 0 Å². The summed E-state index contributed by atoms with van der Waals surface area (Å²) in [6.07, 6.45) is 5.41. The van der Waals surface area contributed by atoms with Crippen molar-refractivity contribution in [2.75, 3.05) is 4.90 Å². The van der Waals surface area contributed by atoms with Crippen LogP contribution in [-0.4, -0.2) is 11.8 Å². The minimum absolute atomic E-state index is 0.330. The van der Waals surface area contributed by atoms with E-state index in [-0.39, 0.29) is 11.8 Å². The zero-order valence-electron chi connectivity index (χ0n) is 9.96. The van der Waals surface area contributed by atoms with Gasteiger partial charge in [0, 0.05) is 5.56 Å². The zero-order valence-corrected chi connectivity index (χ0v) is 9.96. The number of benzene rings is 2. The van der Waals surface area contributed by atoms with Crippen LogP contribution in [0.1, 0.15) is 26.3 Å². The van der Waals surface area contributed by atoms with Crippen LogP contribution in [0.3, 0.4) is 0 Å². The molecule has 0 aliphatic carbocycles. The zero-order chi connectivity index (χ0) is 13.4. The van der Waals surface area contributed by atoms with Crippen LogP contribution in [-0.2, 0) is 0 Å². The van der Waals surface area contributed by atoms with Crippen molar-refractivity contribution in [1.29, 1.82) is 0 Å². The molecule has 3 rings (SSSR count). The molecule has 3 nitrogen and oxygen atoms in total. The summed E-state index contributed by atoms with van der Waals surface area (Å²) < 4.78 is 0. The monoisotopic (exact) mass is 247 g/mol. The summed E-state index contributed by atoms with van der Waals surface area (Å²) >= 11 is 0. The highest BCUT2D eigenvalue weighted by Crippen LogP contribution is 2.30. The third-order valence-corrected chi connectivity index (χ3v) is 3.09. The summed E-state index contributed by atoms with van der Waals surface area (Å²) in [6, 6.07) is 13.7. The van der Waals surface area contributed by atoms with E-state index in [4.69, 9.17) is 6.42 Å². The number of terminal acetylenes is 1. The molecule has 2 amide bonds. The first-order chi connectivity index (χ1) is 9.24. The molecule has 1 heterocycles. The maximum Gasteiger partial charge on any atom is 0.266 e. The number of fused-ring (bicyclic) bond motifs is 1. The first kappa shape index (κ1) is 11.2. The Bertz CT molecular complexity index is 705. The van der Waals surface area contributed by atoms with Crippen LogP contribution < -0.4 is 4.90 Å². The largest absolute Gasteiger partial charge is 0.268 e. The van der Waals surface area contributed by atoms with Gasteiger partial charge in [0.25, 0.3) is 11.8 Å². The van der Waals surface area contributed by atoms with Gasteiger partial charge in [0.1, 0.15) is 0 Å². The van der Waals surface area contributed by atoms with Crippen molar-refractivity contribution in [3.8, 4) is 12.3 Å². The van der Waals surface area contributed by atoms with Crippen molar-refractivity contribution < 1.29 is 9.59 Å². The van der Waals surface area contributed by atoms with Crippen molar-refractivity contribution >= 4 is 17.5 Å². The fraction of sp³-hybridized carbons (Fsp3) is 0. The van der Waals surface area contributed by atoms with Gasteiger partial charge < -0.3 is 0 Å². The second kappa shape index (κ2) is 4.11. The van der Waals surface area contributed by atoms with Gasteiger partial charge in [0.2, 0.25) is 0 Å². The molecule has 0 fully saturated rings. The van der Waals surface area contributed by atoms with Gasteiger partial charge in [-0.15, -0.1) is 6.42 Å². The Morgan fingerprint density at radius 2 is 1.37 bits per heavy atom. The van der Waals surface area contributed by atoms with Crippen LogP contribution >= 0.6 is 0 Å². The Kier molecular flexibility index (Phi) is 2.43. The predicted molar refractivity (Wildman–Crippen MR) is 72.0 cm³/mol. The summed E-state index contributed by atoms with van der Waals surface area (Å²) in [5, 5.41) is 0. The third kappa shape index (κ3) is 1.54. The molecule has 0 spiro atoms. The number of hydrogen-bond donors (Lipinski definition) is 0. The normalized spacial score (nSPS) is 13.3. The molecule has 0 saturated carbocycles. The van der Waals surface area contributed by atoms with E-state index >= 15 is 0 Å². The number of anilines is 1. The fourth-order valence-corrected chi connectivity index (χ4v) is 2.20. The van der Waals surface area contributed by atoms with Gasteiger partial charge in [-0.25, -0.2) is 4.90 Å². The van der Waals surface area contributed by atoms with Gasteiger partial charge >= 0.3 is 0 Å². The Morgan fingerprint density at radius 3 is 1.95 bits per heavy atom. The summed E-state index contributed by atoms with van der Waals surface area (Å²) in [7, 11) is 0. The average Bonchev–Trinajstić information content (AvgIpc) is 2.71. The van der Waals surface area contributed by atoms with E-state index in [2.05, 4.69) is 5.92 Å². The molecule has 0 atom stereocenters. The highest BCUT2D eigenvalue weighted by Gasteiger charge is 2.36. The molecule has 0 radical (unpaired) electrons. The van der Waals surface area contributed by atoms with Crippen LogP contribution in [0.2, 0.25) is 0 Å². The van der Waals surface area contributed by atoms with E-state index in [1.165, 1.54) is 0 Å². The standard InChI is InChI=1S/C16H9NO2/c1-2-11-7-3-6-10-14(11)17-15(18)12-8-4-5-9-13(12)16(17)19/h1,3-10H. The second-order valence-corrected chi connectivity index (χ2v) is 4.15. The Labute approximate surface area is 110 Å². The second-order valence-electron chi connectivity index (χ2n) is 4.15. The van der Waals surface area contributed by atoms with Crippen LogP contribution in [0, 0.1) is 12.3 Å². The van der Waals surface area contributed by atoms with Gasteiger partial charge in [-0.1, -0.05) is 30.2 Å². The van der Waals surface area contributed by atoms with Crippen molar-refractivity contribution in [2.45, 2.75) is 0 Å². The van der Waals surface area contributed by atoms with Crippen molar-refractivity contribution in [3.63, 3.8) is 0 Å². The molecular formula is C16H9NO2. The number of carbonyl (C=O) groups excluding carboxylic acids is 2. The number of rotatable bonds is 1. The number of imide groups is 1. The molecule has 0 bridgehead atoms. The van der Waals surface area contributed by atoms with Crippen LogP contribution in [0.15, 0.2) is 48.5 Å². The smallest absolute Gasteiger partial charge is 0.266 e. The number of hydrogen-bond acceptors (Lipinski definition) is 2. The maximum absolute atomic E-state index is 12.3. The molecule has 90 valence electrons. The SMILES string of the molecule is C#Cc1ccccc1N1C(=O)c2ccccc2C1=O. The van der Waals surface area contributed by atoms with Crippen molar-refractivity contribution in [1.82, 2.24) is 0 Å². The van der Waals surface area contributed by atoms with Crippen molar-refractivity contribution in [2.24, 2.45) is 0 Å². The molecule has 1 aliphatic heterocycles. The highest BCUT2D eigenvalue weighted by molar-refractivity contribution is 6.34. The minimum atomic E-state index is -0.330. The van der Waals surface area contributed by atoms with Crippen molar-refractivity contribution in [3.05, 3.63) is 65.2 Å². The van der Waals surface area contributed by atoms with Gasteiger partial charge in [-0.2, -0.15) is 0 Å². The fourth-order valence-electron chi connectivity index (χ4n) is 2.20. The Morgan fingerprint density at radius 1 is 0.842 bits per heavy atom. The lowest BCUT2D eigenvalue weighted by molar-refractivity contribution is 0.0926. The molecule has 19 heavy (non-hydrogen) atoms. The highest BCUT2D eigenvalue weighted by atomic mass is 16.2. The van der Waals surface area contributed by atoms with E-state index < -0.39 is 0 Å². The lowest BCUT2D eigenvalue weighted by Crippen LogP contribution is -2.30. The molecule has 0 saturated heterocycles. The molecule has 2 aromatic rings. The summed E-state index contributed by atoms with van der Waals surface area (Å²) in [5.41, 5.74) is 1.81. The van der Waals surface area contributed by atoms with Crippen LogP contribution in [0.5, 0.6) is 0 Å². The predicted octanol–water partition coefficient (Wildman–Crippen LogP) is 2.47. The summed E-state index contributed by atoms with van der Waals surface area (Å²) in [6.45, 7) is 0. The molecular weight excluding hydrogens is 238 g/mol. The molecule has 0 unspecified atom stereocenters. The Hall–Kier alpha value is -2.86. The van der Waals surface area contributed by atoms with Gasteiger partial charge in [0.05, 0.1) is 16.8 Å². The molecule has 2 aromatic carbocycles. The van der Waals surface area contributed by atoms with Gasteiger partial charge in [-0.05, 0) is 24.3 Å². The number of carbonyl (C=O) groups is 2. The molecule has 3 heteroatoms. The molecule has 0 aromatic heterocycles. The number of nitrogens with zero attached hydrogens (tertiary/aromatic N) is 1. The Balaban J connectivity index is 2.18. The lowest BCUT2D eigenvalue weighted by atomic mass is 10.1. The first-order valence-corrected chi connectivity index (χ1v) is 5.77.